The van der Waals surface area contributed by atoms with Gasteiger partial charge in [-0.05, 0) is 33.1 Å². The van der Waals surface area contributed by atoms with E-state index in [-0.39, 0.29) is 29.8 Å². The molecule has 0 aromatic heterocycles. The van der Waals surface area contributed by atoms with E-state index in [4.69, 9.17) is 9.47 Å². The normalized spacial score (nSPS) is 30.4. The highest BCUT2D eigenvalue weighted by atomic mass is 79.9. The van der Waals surface area contributed by atoms with Crippen molar-refractivity contribution in [2.24, 2.45) is 11.8 Å². The highest BCUT2D eigenvalue weighted by molar-refractivity contribution is 9.09. The van der Waals surface area contributed by atoms with Gasteiger partial charge in [0.25, 0.3) is 0 Å². The summed E-state index contributed by atoms with van der Waals surface area (Å²) in [6.07, 6.45) is 4.91. The number of unbranched alkanes of at least 4 members (excludes halogenated alkanes) is 1. The molecular formula is C28H42BrN3O7. The molecule has 3 amide bonds. The molecule has 218 valence electrons. The monoisotopic (exact) mass is 611 g/mol. The molecular weight excluding hydrogens is 570 g/mol. The zero-order chi connectivity index (χ0) is 28.9. The van der Waals surface area contributed by atoms with E-state index < -0.39 is 53.6 Å². The number of alkyl halides is 1. The van der Waals surface area contributed by atoms with Crippen LogP contribution in [0.3, 0.4) is 0 Å². The third-order valence-electron chi connectivity index (χ3n) is 7.89. The second kappa shape index (κ2) is 13.4. The Balaban J connectivity index is 1.88. The van der Waals surface area contributed by atoms with Crippen molar-refractivity contribution in [2.75, 3.05) is 26.2 Å². The minimum absolute atomic E-state index is 0.129. The lowest BCUT2D eigenvalue weighted by Crippen LogP contribution is -2.58. The lowest BCUT2D eigenvalue weighted by molar-refractivity contribution is -0.160. The highest BCUT2D eigenvalue weighted by Gasteiger charge is 2.77. The van der Waals surface area contributed by atoms with Gasteiger partial charge in [0.2, 0.25) is 17.7 Å². The predicted molar refractivity (Wildman–Crippen MR) is 149 cm³/mol. The quantitative estimate of drug-likeness (QED) is 0.165. The maximum atomic E-state index is 14.1. The number of allylic oxidation sites excluding steroid dienone is 1. The Kier molecular flexibility index (Phi) is 10.8. The lowest BCUT2D eigenvalue weighted by Gasteiger charge is -2.38. The standard InChI is InChI=1S/C28H42BrN3O7/c1-6-9-11-20(34)30-15-18(5)38-27(37)21-22-25(35)32(17(4)16-33)24(28(22)14-19(29)23(21)39-28)26(36)31(12-8-3)13-10-7-2/h6,8,17-19,21-24,33H,1,3,7,9-16H2,2,4-5H3,(H,30,34)/t17-,18+,19?,21-,22+,23-,24-,28+/m1/s1. The molecule has 0 aromatic carbocycles. The van der Waals surface area contributed by atoms with Crippen LogP contribution < -0.4 is 5.32 Å². The summed E-state index contributed by atoms with van der Waals surface area (Å²) in [7, 11) is 0. The number of aliphatic hydroxyl groups is 1. The molecule has 3 aliphatic rings. The van der Waals surface area contributed by atoms with Gasteiger partial charge in [-0.15, -0.1) is 13.2 Å². The predicted octanol–water partition coefficient (Wildman–Crippen LogP) is 1.94. The summed E-state index contributed by atoms with van der Waals surface area (Å²) < 4.78 is 12.2. The van der Waals surface area contributed by atoms with Crippen LogP contribution in [0, 0.1) is 11.8 Å². The SMILES string of the molecule is C=CCCC(=O)NC[C@H](C)OC(=O)[C@H]1[C@@H]2O[C@@]3(CC2Br)[C@@H]1C(=O)N([C@H](C)CO)[C@@H]3C(=O)N(CC=C)CCCC. The summed E-state index contributed by atoms with van der Waals surface area (Å²) in [5.41, 5.74) is -1.23. The summed E-state index contributed by atoms with van der Waals surface area (Å²) >= 11 is 3.64. The largest absolute Gasteiger partial charge is 0.460 e. The number of rotatable bonds is 15. The molecule has 1 unspecified atom stereocenters. The van der Waals surface area contributed by atoms with Gasteiger partial charge in [0.05, 0.1) is 37.1 Å². The highest BCUT2D eigenvalue weighted by Crippen LogP contribution is 2.60. The molecule has 0 radical (unpaired) electrons. The number of likely N-dealkylation sites (tertiary alicyclic amines) is 1. The molecule has 0 aromatic rings. The van der Waals surface area contributed by atoms with Crippen LogP contribution in [0.2, 0.25) is 0 Å². The molecule has 0 saturated carbocycles. The van der Waals surface area contributed by atoms with Crippen LogP contribution in [0.25, 0.3) is 0 Å². The number of hydrogen-bond donors (Lipinski definition) is 2. The van der Waals surface area contributed by atoms with Crippen LogP contribution in [-0.4, -0.2) is 99.6 Å². The van der Waals surface area contributed by atoms with Crippen LogP contribution in [0.5, 0.6) is 0 Å². The van der Waals surface area contributed by atoms with Crippen LogP contribution >= 0.6 is 15.9 Å². The van der Waals surface area contributed by atoms with Crippen molar-refractivity contribution in [3.05, 3.63) is 25.3 Å². The molecule has 11 heteroatoms. The van der Waals surface area contributed by atoms with E-state index in [9.17, 15) is 24.3 Å². The second-order valence-electron chi connectivity index (χ2n) is 10.7. The Morgan fingerprint density at radius 3 is 2.67 bits per heavy atom. The third-order valence-corrected chi connectivity index (χ3v) is 8.74. The fourth-order valence-corrected chi connectivity index (χ4v) is 6.99. The minimum atomic E-state index is -1.23. The molecule has 3 fully saturated rings. The van der Waals surface area contributed by atoms with E-state index in [1.807, 2.05) is 6.92 Å². The van der Waals surface area contributed by atoms with Gasteiger partial charge in [0, 0.05) is 24.3 Å². The fraction of sp³-hybridized carbons (Fsp3) is 0.714. The van der Waals surface area contributed by atoms with Crippen LogP contribution in [0.15, 0.2) is 25.3 Å². The van der Waals surface area contributed by atoms with Crippen molar-refractivity contribution in [1.82, 2.24) is 15.1 Å². The van der Waals surface area contributed by atoms with Crippen molar-refractivity contribution in [1.29, 1.82) is 0 Å². The molecule has 39 heavy (non-hydrogen) atoms. The number of halogens is 1. The number of fused-ring (bicyclic) bond motifs is 1. The molecule has 1 spiro atoms. The van der Waals surface area contributed by atoms with Gasteiger partial charge < -0.3 is 29.7 Å². The maximum absolute atomic E-state index is 14.1. The molecule has 2 N–H and O–H groups in total. The van der Waals surface area contributed by atoms with E-state index >= 15 is 0 Å². The number of carbonyl (C=O) groups is 4. The number of esters is 1. The Morgan fingerprint density at radius 1 is 1.33 bits per heavy atom. The van der Waals surface area contributed by atoms with Gasteiger partial charge in [0.15, 0.2) is 0 Å². The zero-order valence-electron chi connectivity index (χ0n) is 23.1. The Labute approximate surface area is 239 Å². The molecule has 3 aliphatic heterocycles. The van der Waals surface area contributed by atoms with Crippen LogP contribution in [-0.2, 0) is 28.7 Å². The van der Waals surface area contributed by atoms with Gasteiger partial charge in [-0.1, -0.05) is 41.4 Å². The van der Waals surface area contributed by atoms with E-state index in [1.165, 1.54) is 4.90 Å². The third kappa shape index (κ3) is 6.10. The Hall–Kier alpha value is -2.24. The van der Waals surface area contributed by atoms with E-state index in [1.54, 1.807) is 30.9 Å². The maximum Gasteiger partial charge on any atom is 0.312 e. The van der Waals surface area contributed by atoms with Crippen molar-refractivity contribution in [3.63, 3.8) is 0 Å². The van der Waals surface area contributed by atoms with E-state index in [0.717, 1.165) is 12.8 Å². The molecule has 3 heterocycles. The number of aliphatic hydroxyl groups excluding tert-OH is 1. The first-order valence-corrected chi connectivity index (χ1v) is 14.7. The molecule has 3 saturated heterocycles. The summed E-state index contributed by atoms with van der Waals surface area (Å²) in [5.74, 6) is -3.28. The van der Waals surface area contributed by atoms with Gasteiger partial charge in [-0.3, -0.25) is 19.2 Å². The van der Waals surface area contributed by atoms with Gasteiger partial charge in [-0.2, -0.15) is 0 Å². The van der Waals surface area contributed by atoms with E-state index in [2.05, 4.69) is 34.4 Å². The summed E-state index contributed by atoms with van der Waals surface area (Å²) in [4.78, 5) is 56.3. The number of carbonyl (C=O) groups excluding carboxylic acids is 4. The molecule has 0 aliphatic carbocycles. The minimum Gasteiger partial charge on any atom is -0.460 e. The number of ether oxygens (including phenoxy) is 2. The number of nitrogens with one attached hydrogen (secondary N) is 1. The lowest BCUT2D eigenvalue weighted by atomic mass is 9.70. The van der Waals surface area contributed by atoms with Crippen molar-refractivity contribution in [2.45, 2.75) is 87.6 Å². The topological polar surface area (TPSA) is 125 Å². The first kappa shape index (κ1) is 31.3. The summed E-state index contributed by atoms with van der Waals surface area (Å²) in [5, 5.41) is 12.8. The van der Waals surface area contributed by atoms with E-state index in [0.29, 0.717) is 32.4 Å². The first-order valence-electron chi connectivity index (χ1n) is 13.8. The Morgan fingerprint density at radius 2 is 2.05 bits per heavy atom. The van der Waals surface area contributed by atoms with Gasteiger partial charge >= 0.3 is 5.97 Å². The van der Waals surface area contributed by atoms with Crippen molar-refractivity contribution >= 4 is 39.6 Å². The van der Waals surface area contributed by atoms with Gasteiger partial charge in [0.1, 0.15) is 17.7 Å². The molecule has 3 rings (SSSR count). The number of hydrogen-bond acceptors (Lipinski definition) is 7. The summed E-state index contributed by atoms with van der Waals surface area (Å²) in [6, 6.07) is -1.64. The van der Waals surface area contributed by atoms with Crippen molar-refractivity contribution in [3.8, 4) is 0 Å². The molecule has 2 bridgehead atoms. The zero-order valence-corrected chi connectivity index (χ0v) is 24.7. The fourth-order valence-electron chi connectivity index (χ4n) is 6.05. The average molecular weight is 613 g/mol. The van der Waals surface area contributed by atoms with Gasteiger partial charge in [-0.25, -0.2) is 0 Å². The number of amides is 3. The van der Waals surface area contributed by atoms with Crippen LogP contribution in [0.4, 0.5) is 0 Å². The average Bonchev–Trinajstić information content (AvgIpc) is 3.51. The first-order chi connectivity index (χ1) is 18.6. The second-order valence-corrected chi connectivity index (χ2v) is 11.9. The Bertz CT molecular complexity index is 961. The summed E-state index contributed by atoms with van der Waals surface area (Å²) in [6.45, 7) is 13.4. The smallest absolute Gasteiger partial charge is 0.312 e. The molecule has 8 atom stereocenters. The van der Waals surface area contributed by atoms with Crippen LogP contribution in [0.1, 0.15) is 52.9 Å². The molecule has 10 nitrogen and oxygen atoms in total. The number of nitrogens with zero attached hydrogens (tertiary/aromatic N) is 2. The van der Waals surface area contributed by atoms with Crippen molar-refractivity contribution < 1.29 is 33.8 Å².